The molecule has 3 aliphatic rings. The quantitative estimate of drug-likeness (QED) is 0.171. The van der Waals surface area contributed by atoms with Crippen molar-refractivity contribution in [3.05, 3.63) is 210 Å². The van der Waals surface area contributed by atoms with Crippen LogP contribution in [0.4, 0.5) is 0 Å². The molecule has 248 valence electrons. The van der Waals surface area contributed by atoms with Crippen molar-refractivity contribution in [2.24, 2.45) is 0 Å². The molecule has 10 aromatic rings. The van der Waals surface area contributed by atoms with Gasteiger partial charge in [-0.1, -0.05) is 146 Å². The second-order valence-electron chi connectivity index (χ2n) is 15.1. The maximum atomic E-state index is 2.57. The highest BCUT2D eigenvalue weighted by Gasteiger charge is 2.52. The van der Waals surface area contributed by atoms with E-state index in [1.165, 1.54) is 116 Å². The Morgan fingerprint density at radius 1 is 0.315 bits per heavy atom. The van der Waals surface area contributed by atoms with Crippen LogP contribution in [0.15, 0.2) is 188 Å². The van der Waals surface area contributed by atoms with Gasteiger partial charge >= 0.3 is 0 Å². The molecular weight excluding hydrogens is 651 g/mol. The number of benzene rings is 9. The van der Waals surface area contributed by atoms with Gasteiger partial charge in [-0.15, -0.1) is 0 Å². The van der Waals surface area contributed by atoms with E-state index in [1.54, 1.807) is 0 Å². The van der Waals surface area contributed by atoms with E-state index >= 15 is 0 Å². The third kappa shape index (κ3) is 3.37. The van der Waals surface area contributed by atoms with Gasteiger partial charge in [0.15, 0.2) is 0 Å². The summed E-state index contributed by atoms with van der Waals surface area (Å²) in [6, 6.07) is 70.7. The van der Waals surface area contributed by atoms with Gasteiger partial charge in [0.05, 0.1) is 16.4 Å². The van der Waals surface area contributed by atoms with Crippen LogP contribution in [0, 0.1) is 0 Å². The van der Waals surface area contributed by atoms with Crippen LogP contribution < -0.4 is 0 Å². The highest BCUT2D eigenvalue weighted by Crippen LogP contribution is 2.66. The zero-order valence-electron chi connectivity index (χ0n) is 29.3. The summed E-state index contributed by atoms with van der Waals surface area (Å²) in [5.74, 6) is 0. The summed E-state index contributed by atoms with van der Waals surface area (Å²) >= 11 is 0. The molecule has 9 aromatic carbocycles. The maximum absolute atomic E-state index is 2.57. The van der Waals surface area contributed by atoms with Crippen molar-refractivity contribution in [3.8, 4) is 61.3 Å². The number of hydrogen-bond acceptors (Lipinski definition) is 0. The number of rotatable bonds is 2. The first-order chi connectivity index (χ1) is 26.8. The second kappa shape index (κ2) is 10.1. The second-order valence-corrected chi connectivity index (χ2v) is 15.1. The molecule has 0 radical (unpaired) electrons. The van der Waals surface area contributed by atoms with Crippen molar-refractivity contribution < 1.29 is 0 Å². The van der Waals surface area contributed by atoms with Crippen molar-refractivity contribution >= 4 is 32.6 Å². The van der Waals surface area contributed by atoms with Crippen LogP contribution in [0.25, 0.3) is 93.9 Å². The molecule has 54 heavy (non-hydrogen) atoms. The average Bonchev–Trinajstić information content (AvgIpc) is 3.94. The monoisotopic (exact) mass is 681 g/mol. The first-order valence-electron chi connectivity index (χ1n) is 18.9. The summed E-state index contributed by atoms with van der Waals surface area (Å²) in [6.07, 6.45) is 0. The minimum Gasteiger partial charge on any atom is -0.309 e. The van der Waals surface area contributed by atoms with E-state index < -0.39 is 5.41 Å². The molecule has 0 N–H and O–H groups in total. The largest absolute Gasteiger partial charge is 0.309 e. The molecule has 0 saturated carbocycles. The molecule has 1 atom stereocenters. The predicted octanol–water partition coefficient (Wildman–Crippen LogP) is 13.6. The lowest BCUT2D eigenvalue weighted by Crippen LogP contribution is -2.26. The van der Waals surface area contributed by atoms with Crippen LogP contribution in [0.3, 0.4) is 0 Å². The molecule has 1 unspecified atom stereocenters. The summed E-state index contributed by atoms with van der Waals surface area (Å²) in [7, 11) is 0. The van der Waals surface area contributed by atoms with E-state index in [2.05, 4.69) is 193 Å². The van der Waals surface area contributed by atoms with Crippen LogP contribution in [0.2, 0.25) is 0 Å². The fourth-order valence-electron chi connectivity index (χ4n) is 10.7. The third-order valence-corrected chi connectivity index (χ3v) is 12.7. The van der Waals surface area contributed by atoms with Gasteiger partial charge < -0.3 is 4.57 Å². The Balaban J connectivity index is 1.10. The van der Waals surface area contributed by atoms with Crippen LogP contribution in [0.1, 0.15) is 22.3 Å². The highest BCUT2D eigenvalue weighted by molar-refractivity contribution is 6.21. The summed E-state index contributed by atoms with van der Waals surface area (Å²) < 4.78 is 2.40. The van der Waals surface area contributed by atoms with Crippen LogP contribution in [-0.2, 0) is 5.41 Å². The van der Waals surface area contributed by atoms with Gasteiger partial charge in [-0.25, -0.2) is 0 Å². The molecule has 0 aliphatic heterocycles. The van der Waals surface area contributed by atoms with Gasteiger partial charge in [0.25, 0.3) is 0 Å². The molecular formula is C53H31N. The molecule has 1 spiro atoms. The average molecular weight is 682 g/mol. The Hall–Kier alpha value is -6.96. The summed E-state index contributed by atoms with van der Waals surface area (Å²) in [4.78, 5) is 0. The maximum Gasteiger partial charge on any atom is 0.0726 e. The summed E-state index contributed by atoms with van der Waals surface area (Å²) in [6.45, 7) is 0. The molecule has 0 amide bonds. The minimum atomic E-state index is -0.445. The molecule has 0 saturated heterocycles. The topological polar surface area (TPSA) is 4.93 Å². The number of nitrogens with zero attached hydrogens (tertiary/aromatic N) is 1. The Morgan fingerprint density at radius 3 is 1.76 bits per heavy atom. The van der Waals surface area contributed by atoms with E-state index in [9.17, 15) is 0 Å². The van der Waals surface area contributed by atoms with Crippen molar-refractivity contribution in [3.63, 3.8) is 0 Å². The fourth-order valence-corrected chi connectivity index (χ4v) is 10.7. The Bertz CT molecular complexity index is 3270. The first kappa shape index (κ1) is 28.6. The van der Waals surface area contributed by atoms with Gasteiger partial charge in [0.1, 0.15) is 0 Å². The van der Waals surface area contributed by atoms with Crippen LogP contribution in [-0.4, -0.2) is 4.57 Å². The number of hydrogen-bond donors (Lipinski definition) is 0. The lowest BCUT2D eigenvalue weighted by Gasteiger charge is -2.31. The molecule has 13 rings (SSSR count). The predicted molar refractivity (Wildman–Crippen MR) is 224 cm³/mol. The number of para-hydroxylation sites is 2. The van der Waals surface area contributed by atoms with Crippen LogP contribution >= 0.6 is 0 Å². The lowest BCUT2D eigenvalue weighted by molar-refractivity contribution is 0.795. The van der Waals surface area contributed by atoms with Crippen LogP contribution in [0.5, 0.6) is 0 Å². The molecule has 0 bridgehead atoms. The van der Waals surface area contributed by atoms with Gasteiger partial charge in [-0.3, -0.25) is 0 Å². The minimum absolute atomic E-state index is 0.445. The molecule has 1 heteroatoms. The molecule has 1 nitrogen and oxygen atoms in total. The van der Waals surface area contributed by atoms with Gasteiger partial charge in [0.2, 0.25) is 0 Å². The van der Waals surface area contributed by atoms with Gasteiger partial charge in [0, 0.05) is 16.5 Å². The van der Waals surface area contributed by atoms with E-state index in [1.807, 2.05) is 0 Å². The molecule has 1 aromatic heterocycles. The third-order valence-electron chi connectivity index (χ3n) is 12.7. The van der Waals surface area contributed by atoms with E-state index in [4.69, 9.17) is 0 Å². The van der Waals surface area contributed by atoms with E-state index in [-0.39, 0.29) is 0 Å². The van der Waals surface area contributed by atoms with Gasteiger partial charge in [-0.2, -0.15) is 0 Å². The lowest BCUT2D eigenvalue weighted by atomic mass is 9.69. The van der Waals surface area contributed by atoms with Crippen molar-refractivity contribution in [2.45, 2.75) is 5.41 Å². The molecule has 0 fully saturated rings. The van der Waals surface area contributed by atoms with Crippen molar-refractivity contribution in [1.29, 1.82) is 0 Å². The normalized spacial score (nSPS) is 15.5. The summed E-state index contributed by atoms with van der Waals surface area (Å²) in [5, 5.41) is 5.27. The fraction of sp³-hybridized carbons (Fsp3) is 0.0189. The Kier molecular flexibility index (Phi) is 5.36. The first-order valence-corrected chi connectivity index (χ1v) is 18.9. The highest BCUT2D eigenvalue weighted by atomic mass is 15.0. The number of fused-ring (bicyclic) bond motifs is 17. The zero-order chi connectivity index (χ0) is 35.1. The van der Waals surface area contributed by atoms with Crippen molar-refractivity contribution in [1.82, 2.24) is 4.57 Å². The standard InChI is InChI=1S/C53H31N/c1-2-13-34(14-3-1)54-49-24-11-8-18-39(49)43-29-32(26-28-50(43)54)33-25-27-38-37-17-6-9-22-45(37)53(47(38)30-33)46-23-10-7-19-41(46)52-42-21-12-20-40-35-15-4-5-16-36(35)44(51(40)42)31-48(52)53/h1-31H. The zero-order valence-corrected chi connectivity index (χ0v) is 29.3. The molecule has 1 heterocycles. The smallest absolute Gasteiger partial charge is 0.0726 e. The Labute approximate surface area is 313 Å². The number of aromatic nitrogens is 1. The SMILES string of the molecule is c1ccc(-n2c3ccccc3c3cc(-c4ccc5c(c4)C4(c6ccccc6-5)c5ccccc5-c5c4cc4c6c(cccc56)-c5ccccc5-4)ccc32)cc1. The van der Waals surface area contributed by atoms with E-state index in [0.717, 1.165) is 0 Å². The van der Waals surface area contributed by atoms with E-state index in [0.29, 0.717) is 0 Å². The van der Waals surface area contributed by atoms with Crippen molar-refractivity contribution in [2.75, 3.05) is 0 Å². The summed E-state index contributed by atoms with van der Waals surface area (Å²) in [5.41, 5.74) is 21.9. The molecule has 3 aliphatic carbocycles. The van der Waals surface area contributed by atoms with Gasteiger partial charge in [-0.05, 0) is 131 Å². The Morgan fingerprint density at radius 2 is 0.907 bits per heavy atom.